The van der Waals surface area contributed by atoms with Crippen LogP contribution in [0.3, 0.4) is 0 Å². The average Bonchev–Trinajstić information content (AvgIpc) is 2.85. The minimum Gasteiger partial charge on any atom is -0.353 e. The third-order valence-corrected chi connectivity index (χ3v) is 8.08. The van der Waals surface area contributed by atoms with E-state index in [0.717, 1.165) is 11.8 Å². The first-order valence-electron chi connectivity index (χ1n) is 9.90. The molecule has 0 amide bonds. The summed E-state index contributed by atoms with van der Waals surface area (Å²) >= 11 is 15.1. The third-order valence-electron chi connectivity index (χ3n) is 4.72. The topological polar surface area (TPSA) is 59.6 Å². The fourth-order valence-electron chi connectivity index (χ4n) is 3.14. The van der Waals surface area contributed by atoms with Gasteiger partial charge in [0.1, 0.15) is 17.7 Å². The van der Waals surface area contributed by atoms with Crippen molar-refractivity contribution in [1.82, 2.24) is 0 Å². The van der Waals surface area contributed by atoms with Gasteiger partial charge in [-0.05, 0) is 36.4 Å². The van der Waals surface area contributed by atoms with E-state index in [1.807, 2.05) is 54.6 Å². The molecular weight excluding hydrogens is 508 g/mol. The highest BCUT2D eigenvalue weighted by Gasteiger charge is 2.27. The monoisotopic (exact) mass is 521 g/mol. The molecule has 0 spiro atoms. The van der Waals surface area contributed by atoms with Gasteiger partial charge in [0.05, 0.1) is 31.1 Å². The first-order chi connectivity index (χ1) is 16.5. The Hall–Kier alpha value is -3.13. The van der Waals surface area contributed by atoms with E-state index in [-0.39, 0.29) is 16.0 Å². The van der Waals surface area contributed by atoms with Crippen molar-refractivity contribution in [2.75, 3.05) is 5.32 Å². The van der Waals surface area contributed by atoms with Gasteiger partial charge in [0.2, 0.25) is 0 Å². The summed E-state index contributed by atoms with van der Waals surface area (Å²) in [7, 11) is 0. The van der Waals surface area contributed by atoms with Crippen LogP contribution >= 0.6 is 46.7 Å². The lowest BCUT2D eigenvalue weighted by molar-refractivity contribution is 0.590. The van der Waals surface area contributed by atoms with E-state index >= 15 is 4.39 Å². The Morgan fingerprint density at radius 2 is 1.18 bits per heavy atom. The van der Waals surface area contributed by atoms with Gasteiger partial charge in [-0.3, -0.25) is 0 Å². The van der Waals surface area contributed by atoms with Crippen LogP contribution in [0.2, 0.25) is 10.0 Å². The largest absolute Gasteiger partial charge is 0.353 e. The maximum atomic E-state index is 15.8. The Labute approximate surface area is 215 Å². The lowest BCUT2D eigenvalue weighted by Gasteiger charge is -2.20. The zero-order valence-electron chi connectivity index (χ0n) is 17.4. The van der Waals surface area contributed by atoms with E-state index in [4.69, 9.17) is 23.2 Å². The zero-order valence-corrected chi connectivity index (χ0v) is 20.5. The number of nitrogens with zero attached hydrogens (tertiary/aromatic N) is 2. The molecule has 0 unspecified atom stereocenters. The van der Waals surface area contributed by atoms with Crippen LogP contribution in [0.5, 0.6) is 0 Å². The summed E-state index contributed by atoms with van der Waals surface area (Å²) in [5.41, 5.74) is 0.594. The van der Waals surface area contributed by atoms with Crippen molar-refractivity contribution in [3.8, 4) is 12.1 Å². The molecule has 0 atom stereocenters. The number of nitrogens with one attached hydrogen (secondary N) is 1. The molecule has 0 saturated heterocycles. The molecule has 0 fully saturated rings. The van der Waals surface area contributed by atoms with Crippen LogP contribution < -0.4 is 5.32 Å². The first-order valence-corrected chi connectivity index (χ1v) is 12.3. The maximum absolute atomic E-state index is 15.8. The van der Waals surface area contributed by atoms with E-state index in [2.05, 4.69) is 5.32 Å². The lowest BCUT2D eigenvalue weighted by atomic mass is 10.1. The molecular formula is C26H14Cl2FN3S2. The van der Waals surface area contributed by atoms with Crippen LogP contribution in [0.4, 0.5) is 15.8 Å². The Bertz CT molecular complexity index is 1450. The van der Waals surface area contributed by atoms with Crippen LogP contribution in [0.25, 0.3) is 0 Å². The van der Waals surface area contributed by atoms with Crippen molar-refractivity contribution in [3.63, 3.8) is 0 Å². The fraction of sp³-hybridized carbons (Fsp3) is 0. The summed E-state index contributed by atoms with van der Waals surface area (Å²) in [4.78, 5) is 1.89. The quantitative estimate of drug-likeness (QED) is 0.274. The van der Waals surface area contributed by atoms with E-state index in [1.54, 1.807) is 36.4 Å². The van der Waals surface area contributed by atoms with Crippen LogP contribution in [-0.2, 0) is 0 Å². The Balaban J connectivity index is 2.01. The van der Waals surface area contributed by atoms with Crippen LogP contribution in [0.1, 0.15) is 11.1 Å². The predicted octanol–water partition coefficient (Wildman–Crippen LogP) is 8.92. The summed E-state index contributed by atoms with van der Waals surface area (Å²) < 4.78 is 15.8. The summed E-state index contributed by atoms with van der Waals surface area (Å²) in [5, 5.41) is 23.8. The standard InChI is InChI=1S/C26H14Cl2FN3S2/c27-19-10-4-6-12-21(19)33-25-23(29)17(14-30)18(15-31)24(32-16-8-2-1-3-9-16)26(25)34-22-13-7-5-11-20(22)28/h1-13,32H. The molecule has 0 aromatic heterocycles. The van der Waals surface area contributed by atoms with Gasteiger partial charge >= 0.3 is 0 Å². The minimum atomic E-state index is -0.780. The number of nitriles is 2. The van der Waals surface area contributed by atoms with E-state index in [0.29, 0.717) is 36.1 Å². The van der Waals surface area contributed by atoms with Gasteiger partial charge in [0, 0.05) is 15.5 Å². The van der Waals surface area contributed by atoms with Gasteiger partial charge in [-0.1, -0.05) is 89.2 Å². The van der Waals surface area contributed by atoms with Crippen molar-refractivity contribution in [2.24, 2.45) is 0 Å². The molecule has 0 aliphatic carbocycles. The number of anilines is 2. The number of halogens is 3. The second kappa shape index (κ2) is 10.9. The van der Waals surface area contributed by atoms with Crippen molar-refractivity contribution in [2.45, 2.75) is 19.6 Å². The highest BCUT2D eigenvalue weighted by molar-refractivity contribution is 8.02. The molecule has 166 valence electrons. The molecule has 8 heteroatoms. The Morgan fingerprint density at radius 3 is 1.71 bits per heavy atom. The van der Waals surface area contributed by atoms with Gasteiger partial charge in [-0.2, -0.15) is 10.5 Å². The van der Waals surface area contributed by atoms with E-state index < -0.39 is 5.82 Å². The van der Waals surface area contributed by atoms with Crippen molar-refractivity contribution in [3.05, 3.63) is 106 Å². The fourth-order valence-corrected chi connectivity index (χ4v) is 5.78. The summed E-state index contributed by atoms with van der Waals surface area (Å²) in [6, 6.07) is 27.3. The van der Waals surface area contributed by atoms with Gasteiger partial charge < -0.3 is 5.32 Å². The van der Waals surface area contributed by atoms with Gasteiger partial charge in [0.25, 0.3) is 0 Å². The highest BCUT2D eigenvalue weighted by atomic mass is 35.5. The summed E-state index contributed by atoms with van der Waals surface area (Å²) in [6.07, 6.45) is 0. The Kier molecular flexibility index (Phi) is 7.67. The molecule has 4 aromatic carbocycles. The molecule has 4 rings (SSSR count). The molecule has 0 heterocycles. The van der Waals surface area contributed by atoms with E-state index in [1.165, 1.54) is 11.8 Å². The first kappa shape index (κ1) is 24.0. The molecule has 0 saturated carbocycles. The number of rotatable bonds is 6. The molecule has 4 aromatic rings. The Morgan fingerprint density at radius 1 is 0.676 bits per heavy atom. The van der Waals surface area contributed by atoms with Crippen LogP contribution in [-0.4, -0.2) is 0 Å². The minimum absolute atomic E-state index is 0.0816. The zero-order chi connectivity index (χ0) is 24.1. The smallest absolute Gasteiger partial charge is 0.157 e. The van der Waals surface area contributed by atoms with Gasteiger partial charge in [0.15, 0.2) is 5.82 Å². The summed E-state index contributed by atoms with van der Waals surface area (Å²) in [5.74, 6) is -0.780. The second-order valence-corrected chi connectivity index (χ2v) is 9.80. The number of hydrogen-bond acceptors (Lipinski definition) is 5. The highest BCUT2D eigenvalue weighted by Crippen LogP contribution is 2.49. The van der Waals surface area contributed by atoms with Gasteiger partial charge in [-0.15, -0.1) is 0 Å². The van der Waals surface area contributed by atoms with Crippen LogP contribution in [0.15, 0.2) is 98.4 Å². The number of benzene rings is 4. The summed E-state index contributed by atoms with van der Waals surface area (Å²) in [6.45, 7) is 0. The molecule has 34 heavy (non-hydrogen) atoms. The van der Waals surface area contributed by atoms with Crippen molar-refractivity contribution in [1.29, 1.82) is 10.5 Å². The molecule has 0 radical (unpaired) electrons. The molecule has 0 bridgehead atoms. The molecule has 0 aliphatic rings. The third kappa shape index (κ3) is 5.01. The molecule has 1 N–H and O–H groups in total. The molecule has 3 nitrogen and oxygen atoms in total. The van der Waals surface area contributed by atoms with Crippen molar-refractivity contribution >= 4 is 58.1 Å². The predicted molar refractivity (Wildman–Crippen MR) is 137 cm³/mol. The normalized spacial score (nSPS) is 10.4. The van der Waals surface area contributed by atoms with Gasteiger partial charge in [-0.25, -0.2) is 4.39 Å². The SMILES string of the molecule is N#Cc1c(F)c(Sc2ccccc2Cl)c(Sc2ccccc2Cl)c(Nc2ccccc2)c1C#N. The number of hydrogen-bond donors (Lipinski definition) is 1. The van der Waals surface area contributed by atoms with Crippen LogP contribution in [0, 0.1) is 28.5 Å². The maximum Gasteiger partial charge on any atom is 0.157 e. The van der Waals surface area contributed by atoms with E-state index in [9.17, 15) is 10.5 Å². The van der Waals surface area contributed by atoms with Crippen molar-refractivity contribution < 1.29 is 4.39 Å². The molecule has 0 aliphatic heterocycles. The lowest BCUT2D eigenvalue weighted by Crippen LogP contribution is -2.04. The number of para-hydroxylation sites is 1. The average molecular weight is 522 g/mol. The second-order valence-electron chi connectivity index (χ2n) is 6.88.